The molecule has 1 aliphatic rings. The van der Waals surface area contributed by atoms with Crippen LogP contribution in [0.4, 0.5) is 0 Å². The third kappa shape index (κ3) is 3.31. The molecular weight excluding hydrogens is 266 g/mol. The third-order valence-corrected chi connectivity index (χ3v) is 3.21. The number of hydrogen-bond donors (Lipinski definition) is 4. The molecule has 9 nitrogen and oxygen atoms in total. The Morgan fingerprint density at radius 1 is 1.50 bits per heavy atom. The van der Waals surface area contributed by atoms with Crippen molar-refractivity contribution in [3.05, 3.63) is 11.9 Å². The quantitative estimate of drug-likeness (QED) is 0.511. The second kappa shape index (κ2) is 6.44. The van der Waals surface area contributed by atoms with Gasteiger partial charge in [0.05, 0.1) is 18.8 Å². The Bertz CT molecular complexity index is 483. The van der Waals surface area contributed by atoms with Gasteiger partial charge in [0.15, 0.2) is 11.7 Å². The largest absolute Gasteiger partial charge is 0.480 e. The number of nitrogens with zero attached hydrogens (tertiary/aromatic N) is 3. The van der Waals surface area contributed by atoms with Crippen molar-refractivity contribution in [2.24, 2.45) is 0 Å². The van der Waals surface area contributed by atoms with E-state index < -0.39 is 24.5 Å². The number of carboxylic acids is 1. The number of carboxylic acid groups (broad SMARTS) is 1. The number of aromatic nitrogens is 3. The molecule has 2 rings (SSSR count). The van der Waals surface area contributed by atoms with Gasteiger partial charge in [-0.1, -0.05) is 5.21 Å². The van der Waals surface area contributed by atoms with Crippen molar-refractivity contribution >= 4 is 11.9 Å². The Morgan fingerprint density at radius 2 is 2.20 bits per heavy atom. The van der Waals surface area contributed by atoms with Crippen molar-refractivity contribution in [2.75, 3.05) is 19.7 Å². The van der Waals surface area contributed by atoms with Crippen molar-refractivity contribution < 1.29 is 19.8 Å². The van der Waals surface area contributed by atoms with E-state index in [1.54, 1.807) is 4.68 Å². The average molecular weight is 283 g/mol. The van der Waals surface area contributed by atoms with Crippen molar-refractivity contribution in [2.45, 2.75) is 24.9 Å². The van der Waals surface area contributed by atoms with Gasteiger partial charge in [0.1, 0.15) is 0 Å². The van der Waals surface area contributed by atoms with Crippen LogP contribution < -0.4 is 10.6 Å². The zero-order valence-corrected chi connectivity index (χ0v) is 10.8. The molecule has 0 spiro atoms. The van der Waals surface area contributed by atoms with Crippen LogP contribution >= 0.6 is 0 Å². The summed E-state index contributed by atoms with van der Waals surface area (Å²) >= 11 is 0. The zero-order chi connectivity index (χ0) is 14.5. The van der Waals surface area contributed by atoms with Gasteiger partial charge in [-0.05, 0) is 25.9 Å². The van der Waals surface area contributed by atoms with E-state index in [0.717, 1.165) is 25.9 Å². The summed E-state index contributed by atoms with van der Waals surface area (Å²) in [7, 11) is 0. The van der Waals surface area contributed by atoms with Crippen LogP contribution in [0.3, 0.4) is 0 Å². The molecule has 110 valence electrons. The topological polar surface area (TPSA) is 129 Å². The van der Waals surface area contributed by atoms with E-state index in [0.29, 0.717) is 0 Å². The normalized spacial score (nSPS) is 17.6. The molecule has 20 heavy (non-hydrogen) atoms. The number of piperidine rings is 1. The van der Waals surface area contributed by atoms with E-state index in [2.05, 4.69) is 20.9 Å². The minimum absolute atomic E-state index is 0.0447. The SMILES string of the molecule is O=C(NC(CO)C(=O)O)c1cn(C2CCNCC2)nn1. The molecule has 1 aromatic rings. The number of hydrogen-bond acceptors (Lipinski definition) is 6. The molecule has 1 aliphatic heterocycles. The Morgan fingerprint density at radius 3 is 2.80 bits per heavy atom. The third-order valence-electron chi connectivity index (χ3n) is 3.21. The molecule has 0 radical (unpaired) electrons. The lowest BCUT2D eigenvalue weighted by Gasteiger charge is -2.22. The summed E-state index contributed by atoms with van der Waals surface area (Å²) < 4.78 is 1.63. The Kier molecular flexibility index (Phi) is 4.64. The number of aliphatic carboxylic acids is 1. The summed E-state index contributed by atoms with van der Waals surface area (Å²) in [6.45, 7) is 1.10. The zero-order valence-electron chi connectivity index (χ0n) is 10.8. The molecule has 1 amide bonds. The van der Waals surface area contributed by atoms with E-state index >= 15 is 0 Å². The number of carbonyl (C=O) groups excluding carboxylic acids is 1. The fourth-order valence-corrected chi connectivity index (χ4v) is 2.05. The van der Waals surface area contributed by atoms with Crippen LogP contribution in [0.2, 0.25) is 0 Å². The van der Waals surface area contributed by atoms with E-state index in [1.807, 2.05) is 0 Å². The molecular formula is C11H17N5O4. The number of nitrogens with one attached hydrogen (secondary N) is 2. The van der Waals surface area contributed by atoms with Crippen molar-refractivity contribution in [1.82, 2.24) is 25.6 Å². The Labute approximate surface area is 115 Å². The molecule has 1 saturated heterocycles. The smallest absolute Gasteiger partial charge is 0.328 e. The molecule has 0 aromatic carbocycles. The lowest BCUT2D eigenvalue weighted by atomic mass is 10.1. The number of rotatable bonds is 5. The van der Waals surface area contributed by atoms with Gasteiger partial charge in [-0.25, -0.2) is 9.48 Å². The highest BCUT2D eigenvalue weighted by Gasteiger charge is 2.23. The maximum absolute atomic E-state index is 11.8. The standard InChI is InChI=1S/C11H17N5O4/c17-6-9(11(19)20)13-10(18)8-5-16(15-14-8)7-1-3-12-4-2-7/h5,7,9,12,17H,1-4,6H2,(H,13,18)(H,19,20). The van der Waals surface area contributed by atoms with E-state index in [9.17, 15) is 9.59 Å². The van der Waals surface area contributed by atoms with Gasteiger partial charge in [0, 0.05) is 0 Å². The number of aliphatic hydroxyl groups excluding tert-OH is 1. The van der Waals surface area contributed by atoms with Gasteiger partial charge in [0.2, 0.25) is 0 Å². The molecule has 0 aliphatic carbocycles. The van der Waals surface area contributed by atoms with Crippen LogP contribution in [-0.4, -0.2) is 62.8 Å². The monoisotopic (exact) mass is 283 g/mol. The van der Waals surface area contributed by atoms with Crippen molar-refractivity contribution in [3.8, 4) is 0 Å². The maximum atomic E-state index is 11.8. The first-order valence-corrected chi connectivity index (χ1v) is 6.39. The predicted octanol–water partition coefficient (Wildman–Crippen LogP) is -1.62. The predicted molar refractivity (Wildman–Crippen MR) is 67.1 cm³/mol. The average Bonchev–Trinajstić information content (AvgIpc) is 2.95. The minimum Gasteiger partial charge on any atom is -0.480 e. The number of amides is 1. The molecule has 1 fully saturated rings. The van der Waals surface area contributed by atoms with Crippen LogP contribution in [-0.2, 0) is 4.79 Å². The first kappa shape index (κ1) is 14.4. The van der Waals surface area contributed by atoms with Gasteiger partial charge in [0.25, 0.3) is 5.91 Å². The van der Waals surface area contributed by atoms with Crippen LogP contribution in [0.25, 0.3) is 0 Å². The molecule has 1 unspecified atom stereocenters. The first-order chi connectivity index (χ1) is 9.61. The summed E-state index contributed by atoms with van der Waals surface area (Å²) in [6.07, 6.45) is 3.30. The highest BCUT2D eigenvalue weighted by atomic mass is 16.4. The summed E-state index contributed by atoms with van der Waals surface area (Å²) in [5.74, 6) is -1.96. The second-order valence-electron chi connectivity index (χ2n) is 4.61. The van der Waals surface area contributed by atoms with Crippen LogP contribution in [0.1, 0.15) is 29.4 Å². The van der Waals surface area contributed by atoms with Gasteiger partial charge < -0.3 is 20.8 Å². The van der Waals surface area contributed by atoms with E-state index in [-0.39, 0.29) is 11.7 Å². The lowest BCUT2D eigenvalue weighted by molar-refractivity contribution is -0.140. The second-order valence-corrected chi connectivity index (χ2v) is 4.61. The Hall–Kier alpha value is -2.00. The number of carbonyl (C=O) groups is 2. The van der Waals surface area contributed by atoms with Crippen LogP contribution in [0, 0.1) is 0 Å². The fourth-order valence-electron chi connectivity index (χ4n) is 2.05. The molecule has 2 heterocycles. The van der Waals surface area contributed by atoms with Gasteiger partial charge in [-0.3, -0.25) is 4.79 Å². The first-order valence-electron chi connectivity index (χ1n) is 6.39. The summed E-state index contributed by atoms with van der Waals surface area (Å²) in [4.78, 5) is 22.5. The molecule has 1 atom stereocenters. The lowest BCUT2D eigenvalue weighted by Crippen LogP contribution is -2.43. The van der Waals surface area contributed by atoms with Crippen LogP contribution in [0.5, 0.6) is 0 Å². The summed E-state index contributed by atoms with van der Waals surface area (Å²) in [5, 5.41) is 30.7. The van der Waals surface area contributed by atoms with Crippen molar-refractivity contribution in [1.29, 1.82) is 0 Å². The highest BCUT2D eigenvalue weighted by Crippen LogP contribution is 2.16. The molecule has 4 N–H and O–H groups in total. The highest BCUT2D eigenvalue weighted by molar-refractivity contribution is 5.94. The van der Waals surface area contributed by atoms with Crippen molar-refractivity contribution in [3.63, 3.8) is 0 Å². The molecule has 0 saturated carbocycles. The maximum Gasteiger partial charge on any atom is 0.328 e. The molecule has 9 heteroatoms. The summed E-state index contributed by atoms with van der Waals surface area (Å²) in [5.41, 5.74) is 0.0447. The van der Waals surface area contributed by atoms with Gasteiger partial charge in [-0.15, -0.1) is 5.10 Å². The van der Waals surface area contributed by atoms with Crippen LogP contribution in [0.15, 0.2) is 6.20 Å². The molecule has 0 bridgehead atoms. The van der Waals surface area contributed by atoms with Gasteiger partial charge in [-0.2, -0.15) is 0 Å². The molecule has 1 aromatic heterocycles. The van der Waals surface area contributed by atoms with E-state index in [4.69, 9.17) is 10.2 Å². The number of aliphatic hydroxyl groups is 1. The fraction of sp³-hybridized carbons (Fsp3) is 0.636. The Balaban J connectivity index is 2.00. The van der Waals surface area contributed by atoms with E-state index in [1.165, 1.54) is 6.20 Å². The van der Waals surface area contributed by atoms with Gasteiger partial charge >= 0.3 is 5.97 Å². The summed E-state index contributed by atoms with van der Waals surface area (Å²) in [6, 6.07) is -1.15. The minimum atomic E-state index is -1.34.